The molecule has 2 aromatic carbocycles. The zero-order chi connectivity index (χ0) is 24.5. The van der Waals surface area contributed by atoms with E-state index in [9.17, 15) is 27.6 Å². The van der Waals surface area contributed by atoms with E-state index in [4.69, 9.17) is 0 Å². The normalized spacial score (nSPS) is 17.6. The molecular formula is C25H26F3N3O3. The van der Waals surface area contributed by atoms with E-state index in [1.807, 2.05) is 0 Å². The van der Waals surface area contributed by atoms with Gasteiger partial charge in [0.15, 0.2) is 5.78 Å². The maximum absolute atomic E-state index is 13.0. The number of amides is 3. The number of hydrogen-bond donors (Lipinski definition) is 1. The van der Waals surface area contributed by atoms with Gasteiger partial charge in [-0.2, -0.15) is 13.2 Å². The third-order valence-electron chi connectivity index (χ3n) is 6.84. The van der Waals surface area contributed by atoms with Gasteiger partial charge < -0.3 is 15.1 Å². The molecule has 34 heavy (non-hydrogen) atoms. The minimum absolute atomic E-state index is 0.0889. The number of carbonyl (C=O) groups is 3. The standard InChI is InChI=1S/C25H26F3N3O3/c1-17(32)20-4-2-3-5-21(20)22(33)30-13-10-24(11-14-30)12-15-31(16-24)23(34)29-19-8-6-18(7-9-19)25(26,27)28/h2-9H,10-16H2,1H3,(H,29,34). The summed E-state index contributed by atoms with van der Waals surface area (Å²) in [5.74, 6) is -0.307. The zero-order valence-corrected chi connectivity index (χ0v) is 18.8. The highest BCUT2D eigenvalue weighted by Gasteiger charge is 2.43. The summed E-state index contributed by atoms with van der Waals surface area (Å²) in [7, 11) is 0. The van der Waals surface area contributed by atoms with Gasteiger partial charge in [0.1, 0.15) is 0 Å². The minimum atomic E-state index is -4.42. The van der Waals surface area contributed by atoms with Crippen LogP contribution in [-0.2, 0) is 6.18 Å². The fraction of sp³-hybridized carbons (Fsp3) is 0.400. The SMILES string of the molecule is CC(=O)c1ccccc1C(=O)N1CCC2(CCN(C(=O)Nc3ccc(C(F)(F)F)cc3)C2)CC1. The van der Waals surface area contributed by atoms with Gasteiger partial charge in [-0.05, 0) is 61.9 Å². The van der Waals surface area contributed by atoms with Gasteiger partial charge >= 0.3 is 12.2 Å². The van der Waals surface area contributed by atoms with Crippen LogP contribution in [0.15, 0.2) is 48.5 Å². The first-order chi connectivity index (χ1) is 16.1. The van der Waals surface area contributed by atoms with Crippen molar-refractivity contribution >= 4 is 23.4 Å². The monoisotopic (exact) mass is 473 g/mol. The molecule has 0 bridgehead atoms. The van der Waals surface area contributed by atoms with Crippen molar-refractivity contribution in [3.63, 3.8) is 0 Å². The van der Waals surface area contributed by atoms with Crippen molar-refractivity contribution in [2.24, 2.45) is 5.41 Å². The Hall–Kier alpha value is -3.36. The van der Waals surface area contributed by atoms with E-state index >= 15 is 0 Å². The number of hydrogen-bond acceptors (Lipinski definition) is 3. The van der Waals surface area contributed by atoms with Crippen LogP contribution in [0.3, 0.4) is 0 Å². The van der Waals surface area contributed by atoms with Crippen LogP contribution >= 0.6 is 0 Å². The molecule has 2 aliphatic rings. The molecule has 0 atom stereocenters. The Morgan fingerprint density at radius 1 is 0.853 bits per heavy atom. The molecule has 0 aliphatic carbocycles. The first kappa shape index (κ1) is 23.8. The average Bonchev–Trinajstić information content (AvgIpc) is 3.22. The Balaban J connectivity index is 1.34. The van der Waals surface area contributed by atoms with E-state index in [0.29, 0.717) is 43.0 Å². The molecule has 6 nitrogen and oxygen atoms in total. The lowest BCUT2D eigenvalue weighted by atomic mass is 9.77. The summed E-state index contributed by atoms with van der Waals surface area (Å²) in [6.07, 6.45) is -2.14. The smallest absolute Gasteiger partial charge is 0.339 e. The number of ketones is 1. The van der Waals surface area contributed by atoms with Crippen LogP contribution in [0.2, 0.25) is 0 Å². The van der Waals surface area contributed by atoms with Crippen LogP contribution in [0.4, 0.5) is 23.7 Å². The van der Waals surface area contributed by atoms with Gasteiger partial charge in [0.05, 0.1) is 11.1 Å². The Kier molecular flexibility index (Phi) is 6.38. The van der Waals surface area contributed by atoms with Crippen LogP contribution in [0.25, 0.3) is 0 Å². The van der Waals surface area contributed by atoms with Gasteiger partial charge in [0.2, 0.25) is 0 Å². The number of halogens is 3. The molecule has 180 valence electrons. The topological polar surface area (TPSA) is 69.7 Å². The summed E-state index contributed by atoms with van der Waals surface area (Å²) in [4.78, 5) is 41.0. The van der Waals surface area contributed by atoms with Crippen molar-refractivity contribution < 1.29 is 27.6 Å². The number of carbonyl (C=O) groups excluding carboxylic acids is 3. The summed E-state index contributed by atoms with van der Waals surface area (Å²) in [5, 5.41) is 2.67. The van der Waals surface area contributed by atoms with E-state index in [-0.39, 0.29) is 23.1 Å². The number of likely N-dealkylation sites (tertiary alicyclic amines) is 2. The van der Waals surface area contributed by atoms with Crippen LogP contribution in [-0.4, -0.2) is 53.7 Å². The van der Waals surface area contributed by atoms with Gasteiger partial charge in [-0.25, -0.2) is 4.79 Å². The van der Waals surface area contributed by atoms with E-state index < -0.39 is 11.7 Å². The maximum atomic E-state index is 13.0. The molecular weight excluding hydrogens is 447 g/mol. The highest BCUT2D eigenvalue weighted by atomic mass is 19.4. The van der Waals surface area contributed by atoms with Crippen molar-refractivity contribution in [3.8, 4) is 0 Å². The molecule has 2 heterocycles. The molecule has 0 aromatic heterocycles. The molecule has 2 aliphatic heterocycles. The van der Waals surface area contributed by atoms with E-state index in [2.05, 4.69) is 5.32 Å². The number of nitrogens with one attached hydrogen (secondary N) is 1. The lowest BCUT2D eigenvalue weighted by molar-refractivity contribution is -0.137. The number of rotatable bonds is 3. The number of Topliss-reactive ketones (excluding diaryl/α,β-unsaturated/α-hetero) is 1. The van der Waals surface area contributed by atoms with Crippen molar-refractivity contribution in [3.05, 3.63) is 65.2 Å². The number of alkyl halides is 3. The molecule has 1 spiro atoms. The van der Waals surface area contributed by atoms with E-state index in [1.165, 1.54) is 19.1 Å². The Bertz CT molecular complexity index is 1090. The quantitative estimate of drug-likeness (QED) is 0.633. The van der Waals surface area contributed by atoms with Gasteiger partial charge in [-0.1, -0.05) is 18.2 Å². The molecule has 2 fully saturated rings. The Morgan fingerprint density at radius 2 is 1.41 bits per heavy atom. The maximum Gasteiger partial charge on any atom is 0.416 e. The molecule has 3 amide bonds. The molecule has 2 saturated heterocycles. The average molecular weight is 473 g/mol. The molecule has 0 saturated carbocycles. The summed E-state index contributed by atoms with van der Waals surface area (Å²) < 4.78 is 38.2. The van der Waals surface area contributed by atoms with Crippen LogP contribution in [0.5, 0.6) is 0 Å². The number of anilines is 1. The summed E-state index contributed by atoms with van der Waals surface area (Å²) in [6, 6.07) is 10.8. The van der Waals surface area contributed by atoms with Crippen molar-refractivity contribution in [1.82, 2.24) is 9.80 Å². The first-order valence-corrected chi connectivity index (χ1v) is 11.2. The molecule has 1 N–H and O–H groups in total. The lowest BCUT2D eigenvalue weighted by Crippen LogP contribution is -2.45. The molecule has 0 unspecified atom stereocenters. The second-order valence-corrected chi connectivity index (χ2v) is 9.07. The summed E-state index contributed by atoms with van der Waals surface area (Å²) in [5.41, 5.74) is 0.282. The number of urea groups is 1. The Labute approximate surface area is 195 Å². The fourth-order valence-electron chi connectivity index (χ4n) is 4.79. The van der Waals surface area contributed by atoms with Crippen LogP contribution in [0, 0.1) is 5.41 Å². The summed E-state index contributed by atoms with van der Waals surface area (Å²) in [6.45, 7) is 3.61. The van der Waals surface area contributed by atoms with E-state index in [1.54, 1.807) is 34.1 Å². The number of benzene rings is 2. The van der Waals surface area contributed by atoms with Gasteiger partial charge in [0, 0.05) is 37.4 Å². The second kappa shape index (κ2) is 9.12. The first-order valence-electron chi connectivity index (χ1n) is 11.2. The third kappa shape index (κ3) is 4.93. The van der Waals surface area contributed by atoms with Crippen molar-refractivity contribution in [2.45, 2.75) is 32.4 Å². The largest absolute Gasteiger partial charge is 0.416 e. The van der Waals surface area contributed by atoms with Crippen molar-refractivity contribution in [2.75, 3.05) is 31.5 Å². The zero-order valence-electron chi connectivity index (χ0n) is 18.8. The molecule has 9 heteroatoms. The van der Waals surface area contributed by atoms with Crippen LogP contribution in [0.1, 0.15) is 52.5 Å². The highest BCUT2D eigenvalue weighted by molar-refractivity contribution is 6.07. The lowest BCUT2D eigenvalue weighted by Gasteiger charge is -2.39. The van der Waals surface area contributed by atoms with Crippen molar-refractivity contribution in [1.29, 1.82) is 0 Å². The summed E-state index contributed by atoms with van der Waals surface area (Å²) >= 11 is 0. The highest BCUT2D eigenvalue weighted by Crippen LogP contribution is 2.41. The van der Waals surface area contributed by atoms with Gasteiger partial charge in [-0.15, -0.1) is 0 Å². The number of piperidine rings is 1. The van der Waals surface area contributed by atoms with Gasteiger partial charge in [-0.3, -0.25) is 9.59 Å². The second-order valence-electron chi connectivity index (χ2n) is 9.07. The number of nitrogens with zero attached hydrogens (tertiary/aromatic N) is 2. The van der Waals surface area contributed by atoms with Crippen LogP contribution < -0.4 is 5.32 Å². The predicted octanol–water partition coefficient (Wildman–Crippen LogP) is 5.07. The van der Waals surface area contributed by atoms with E-state index in [0.717, 1.165) is 31.4 Å². The van der Waals surface area contributed by atoms with Gasteiger partial charge in [0.25, 0.3) is 5.91 Å². The molecule has 2 aromatic rings. The third-order valence-corrected chi connectivity index (χ3v) is 6.84. The Morgan fingerprint density at radius 3 is 1.97 bits per heavy atom. The molecule has 4 rings (SSSR count). The molecule has 0 radical (unpaired) electrons. The minimum Gasteiger partial charge on any atom is -0.339 e. The fourth-order valence-corrected chi connectivity index (χ4v) is 4.79. The predicted molar refractivity (Wildman–Crippen MR) is 121 cm³/mol.